The molecule has 1 amide bonds. The van der Waals surface area contributed by atoms with Crippen molar-refractivity contribution in [2.75, 3.05) is 6.61 Å². The normalized spacial score (nSPS) is 10.3. The summed E-state index contributed by atoms with van der Waals surface area (Å²) >= 11 is 0. The molecule has 0 spiro atoms. The fourth-order valence-electron chi connectivity index (χ4n) is 1.90. The number of nitrogens with one attached hydrogen (secondary N) is 1. The quantitative estimate of drug-likeness (QED) is 0.809. The van der Waals surface area contributed by atoms with Crippen LogP contribution in [-0.4, -0.2) is 17.5 Å². The van der Waals surface area contributed by atoms with Gasteiger partial charge in [-0.1, -0.05) is 12.1 Å². The number of carbonyl (C=O) groups excluding carboxylic acids is 1. The van der Waals surface area contributed by atoms with Crippen molar-refractivity contribution in [2.45, 2.75) is 20.0 Å². The van der Waals surface area contributed by atoms with Crippen LogP contribution in [0.3, 0.4) is 0 Å². The number of hydrogen-bond acceptors (Lipinski definition) is 4. The van der Waals surface area contributed by atoms with Crippen LogP contribution in [0, 0.1) is 6.92 Å². The number of nitrogens with zero attached hydrogens (tertiary/aromatic N) is 1. The van der Waals surface area contributed by atoms with Gasteiger partial charge in [-0.15, -0.1) is 0 Å². The van der Waals surface area contributed by atoms with Gasteiger partial charge in [0.2, 0.25) is 0 Å². The van der Waals surface area contributed by atoms with Crippen LogP contribution in [0.5, 0.6) is 5.75 Å². The number of ether oxygens (including phenoxy) is 1. The smallest absolute Gasteiger partial charge is 0.255 e. The summed E-state index contributed by atoms with van der Waals surface area (Å²) in [4.78, 5) is 14.7. The number of rotatable bonds is 7. The zero-order chi connectivity index (χ0) is 15.1. The van der Waals surface area contributed by atoms with Crippen LogP contribution < -0.4 is 15.8 Å². The lowest BCUT2D eigenvalue weighted by molar-refractivity contribution is -0.119. The largest absolute Gasteiger partial charge is 0.484 e. The van der Waals surface area contributed by atoms with Crippen molar-refractivity contribution in [1.29, 1.82) is 0 Å². The molecule has 1 heterocycles. The van der Waals surface area contributed by atoms with Crippen LogP contribution in [0.1, 0.15) is 16.7 Å². The third-order valence-electron chi connectivity index (χ3n) is 3.09. The van der Waals surface area contributed by atoms with Gasteiger partial charge in [-0.2, -0.15) is 0 Å². The van der Waals surface area contributed by atoms with Crippen molar-refractivity contribution in [3.63, 3.8) is 0 Å². The molecule has 110 valence electrons. The summed E-state index contributed by atoms with van der Waals surface area (Å²) in [6.07, 6.45) is 3.66. The average Bonchev–Trinajstić information content (AvgIpc) is 2.48. The molecule has 0 saturated heterocycles. The lowest BCUT2D eigenvalue weighted by Gasteiger charge is -2.08. The summed E-state index contributed by atoms with van der Waals surface area (Å²) in [5.41, 5.74) is 8.59. The van der Waals surface area contributed by atoms with Gasteiger partial charge in [0.15, 0.2) is 6.61 Å². The second-order valence-electron chi connectivity index (χ2n) is 4.80. The fraction of sp³-hybridized carbons (Fsp3) is 0.250. The van der Waals surface area contributed by atoms with Crippen molar-refractivity contribution >= 4 is 5.91 Å². The molecule has 1 aromatic heterocycles. The molecule has 0 aliphatic rings. The Morgan fingerprint density at radius 3 is 2.67 bits per heavy atom. The van der Waals surface area contributed by atoms with Crippen molar-refractivity contribution in [2.24, 2.45) is 5.73 Å². The molecule has 0 unspecified atom stereocenters. The van der Waals surface area contributed by atoms with E-state index in [4.69, 9.17) is 10.5 Å². The Morgan fingerprint density at radius 1 is 1.24 bits per heavy atom. The minimum Gasteiger partial charge on any atom is -0.484 e. The van der Waals surface area contributed by atoms with Gasteiger partial charge in [0.05, 0.1) is 0 Å². The van der Waals surface area contributed by atoms with Crippen LogP contribution >= 0.6 is 0 Å². The van der Waals surface area contributed by atoms with E-state index in [1.165, 1.54) is 11.1 Å². The van der Waals surface area contributed by atoms with E-state index < -0.39 is 5.91 Å². The third-order valence-corrected chi connectivity index (χ3v) is 3.09. The van der Waals surface area contributed by atoms with Crippen LogP contribution in [-0.2, 0) is 17.9 Å². The summed E-state index contributed by atoms with van der Waals surface area (Å²) in [5, 5.41) is 3.39. The van der Waals surface area contributed by atoms with Gasteiger partial charge < -0.3 is 15.8 Å². The molecular formula is C16H19N3O2. The first-order valence-electron chi connectivity index (χ1n) is 6.75. The SMILES string of the molecule is Cc1cnccc1CNCc1ccc(OCC(N)=O)cc1. The summed E-state index contributed by atoms with van der Waals surface area (Å²) in [5.74, 6) is 0.163. The Balaban J connectivity index is 1.81. The Labute approximate surface area is 124 Å². The maximum atomic E-state index is 10.6. The monoisotopic (exact) mass is 285 g/mol. The highest BCUT2D eigenvalue weighted by Crippen LogP contribution is 2.12. The molecule has 2 rings (SSSR count). The number of benzene rings is 1. The van der Waals surface area contributed by atoms with E-state index in [0.29, 0.717) is 5.75 Å². The summed E-state index contributed by atoms with van der Waals surface area (Å²) in [6, 6.07) is 9.60. The molecule has 0 aliphatic carbocycles. The fourth-order valence-corrected chi connectivity index (χ4v) is 1.90. The van der Waals surface area contributed by atoms with E-state index in [1.807, 2.05) is 36.5 Å². The number of hydrogen-bond donors (Lipinski definition) is 2. The van der Waals surface area contributed by atoms with Gasteiger partial charge in [-0.3, -0.25) is 9.78 Å². The second kappa shape index (κ2) is 7.40. The molecule has 0 radical (unpaired) electrons. The number of aromatic nitrogens is 1. The number of pyridine rings is 1. The van der Waals surface area contributed by atoms with Crippen molar-refractivity contribution in [3.8, 4) is 5.75 Å². The minimum atomic E-state index is -0.478. The first-order chi connectivity index (χ1) is 10.1. The average molecular weight is 285 g/mol. The number of amides is 1. The Kier molecular flexibility index (Phi) is 5.29. The van der Waals surface area contributed by atoms with Gasteiger partial charge in [0.1, 0.15) is 5.75 Å². The molecule has 2 aromatic rings. The van der Waals surface area contributed by atoms with Crippen LogP contribution in [0.4, 0.5) is 0 Å². The maximum Gasteiger partial charge on any atom is 0.255 e. The number of carbonyl (C=O) groups is 1. The van der Waals surface area contributed by atoms with E-state index >= 15 is 0 Å². The molecular weight excluding hydrogens is 266 g/mol. The van der Waals surface area contributed by atoms with Crippen molar-refractivity contribution in [1.82, 2.24) is 10.3 Å². The highest BCUT2D eigenvalue weighted by Gasteiger charge is 2.00. The Morgan fingerprint density at radius 2 is 2.00 bits per heavy atom. The second-order valence-corrected chi connectivity index (χ2v) is 4.80. The molecule has 0 aliphatic heterocycles. The van der Waals surface area contributed by atoms with Gasteiger partial charge >= 0.3 is 0 Å². The van der Waals surface area contributed by atoms with Crippen molar-refractivity contribution < 1.29 is 9.53 Å². The highest BCUT2D eigenvalue weighted by molar-refractivity contribution is 5.75. The molecule has 1 aromatic carbocycles. The predicted octanol–water partition coefficient (Wildman–Crippen LogP) is 1.54. The zero-order valence-electron chi connectivity index (χ0n) is 12.0. The molecule has 3 N–H and O–H groups in total. The number of aryl methyl sites for hydroxylation is 1. The summed E-state index contributed by atoms with van der Waals surface area (Å²) in [6.45, 7) is 3.51. The van der Waals surface area contributed by atoms with Gasteiger partial charge in [-0.25, -0.2) is 0 Å². The summed E-state index contributed by atoms with van der Waals surface area (Å²) in [7, 11) is 0. The highest BCUT2D eigenvalue weighted by atomic mass is 16.5. The van der Waals surface area contributed by atoms with Crippen LogP contribution in [0.15, 0.2) is 42.7 Å². The van der Waals surface area contributed by atoms with Crippen LogP contribution in [0.2, 0.25) is 0 Å². The zero-order valence-corrected chi connectivity index (χ0v) is 12.0. The molecule has 21 heavy (non-hydrogen) atoms. The van der Waals surface area contributed by atoms with Gasteiger partial charge in [-0.05, 0) is 41.8 Å². The van der Waals surface area contributed by atoms with Gasteiger partial charge in [0, 0.05) is 25.5 Å². The Hall–Kier alpha value is -2.40. The number of nitrogens with two attached hydrogens (primary N) is 1. The van der Waals surface area contributed by atoms with Crippen LogP contribution in [0.25, 0.3) is 0 Å². The topological polar surface area (TPSA) is 77.2 Å². The summed E-state index contributed by atoms with van der Waals surface area (Å²) < 4.78 is 5.21. The van der Waals surface area contributed by atoms with E-state index in [1.54, 1.807) is 6.20 Å². The lowest BCUT2D eigenvalue weighted by Crippen LogP contribution is -2.20. The first kappa shape index (κ1) is 15.0. The van der Waals surface area contributed by atoms with E-state index in [0.717, 1.165) is 18.7 Å². The standard InChI is InChI=1S/C16H19N3O2/c1-12-8-18-7-6-14(12)10-19-9-13-2-4-15(5-3-13)21-11-16(17)20/h2-8,19H,9-11H2,1H3,(H2,17,20). The third kappa shape index (κ3) is 4.89. The molecule has 5 nitrogen and oxygen atoms in total. The minimum absolute atomic E-state index is 0.0983. The van der Waals surface area contributed by atoms with Crippen molar-refractivity contribution in [3.05, 3.63) is 59.4 Å². The molecule has 0 fully saturated rings. The van der Waals surface area contributed by atoms with Gasteiger partial charge in [0.25, 0.3) is 5.91 Å². The first-order valence-corrected chi connectivity index (χ1v) is 6.75. The van der Waals surface area contributed by atoms with E-state index in [2.05, 4.69) is 17.2 Å². The predicted molar refractivity (Wildman–Crippen MR) is 80.6 cm³/mol. The van der Waals surface area contributed by atoms with E-state index in [-0.39, 0.29) is 6.61 Å². The molecule has 0 saturated carbocycles. The Bertz CT molecular complexity index is 597. The van der Waals surface area contributed by atoms with E-state index in [9.17, 15) is 4.79 Å². The molecule has 0 bridgehead atoms. The lowest BCUT2D eigenvalue weighted by atomic mass is 10.1. The molecule has 5 heteroatoms. The number of primary amides is 1. The molecule has 0 atom stereocenters. The maximum absolute atomic E-state index is 10.6.